The minimum atomic E-state index is -0.313. The standard InChI is InChI=1S/C23H34FN5O2.HI/c1-23(2,3)20-13-26-21(31-20)14-27-22(25-4)28-17-8-10-29(11-9-17)15-16-6-7-19(30-5)18(24)12-16;/h6-7,12-13,17H,8-11,14-15H2,1-5H3,(H2,25,27,28);1H. The summed E-state index contributed by atoms with van der Waals surface area (Å²) in [5.74, 6) is 2.23. The third-order valence-corrected chi connectivity index (χ3v) is 5.47. The lowest BCUT2D eigenvalue weighted by molar-refractivity contribution is 0.198. The molecule has 1 aromatic carbocycles. The molecule has 32 heavy (non-hydrogen) atoms. The molecule has 0 radical (unpaired) electrons. The topological polar surface area (TPSA) is 74.9 Å². The van der Waals surface area contributed by atoms with Crippen molar-refractivity contribution >= 4 is 29.9 Å². The fraction of sp³-hybridized carbons (Fsp3) is 0.565. The van der Waals surface area contributed by atoms with Gasteiger partial charge in [-0.1, -0.05) is 26.8 Å². The first-order valence-corrected chi connectivity index (χ1v) is 10.8. The summed E-state index contributed by atoms with van der Waals surface area (Å²) in [6.45, 7) is 9.40. The number of methoxy groups -OCH3 is 1. The van der Waals surface area contributed by atoms with E-state index in [1.165, 1.54) is 7.11 Å². The fourth-order valence-electron chi connectivity index (χ4n) is 3.59. The first-order chi connectivity index (χ1) is 14.8. The maximum Gasteiger partial charge on any atom is 0.213 e. The third kappa shape index (κ3) is 7.33. The zero-order valence-corrected chi connectivity index (χ0v) is 21.9. The van der Waals surface area contributed by atoms with Gasteiger partial charge in [-0.2, -0.15) is 0 Å². The number of guanidine groups is 1. The number of aliphatic imine (C=N–C) groups is 1. The molecule has 2 heterocycles. The summed E-state index contributed by atoms with van der Waals surface area (Å²) >= 11 is 0. The second kappa shape index (κ2) is 11.8. The number of hydrogen-bond donors (Lipinski definition) is 2. The number of piperidine rings is 1. The van der Waals surface area contributed by atoms with Crippen LogP contribution < -0.4 is 15.4 Å². The number of halogens is 2. The Hall–Kier alpha value is -1.88. The average Bonchev–Trinajstić information content (AvgIpc) is 3.22. The lowest BCUT2D eigenvalue weighted by atomic mass is 9.94. The molecule has 2 aromatic rings. The van der Waals surface area contributed by atoms with Crippen LogP contribution in [0.2, 0.25) is 0 Å². The molecular formula is C23H35FIN5O2. The van der Waals surface area contributed by atoms with Crippen molar-refractivity contribution in [1.29, 1.82) is 0 Å². The summed E-state index contributed by atoms with van der Waals surface area (Å²) in [6, 6.07) is 5.51. The molecule has 1 fully saturated rings. The van der Waals surface area contributed by atoms with Crippen molar-refractivity contribution in [2.45, 2.75) is 58.2 Å². The Morgan fingerprint density at radius 3 is 2.59 bits per heavy atom. The van der Waals surface area contributed by atoms with Crippen LogP contribution in [0.1, 0.15) is 50.8 Å². The molecule has 0 unspecified atom stereocenters. The Labute approximate surface area is 207 Å². The maximum absolute atomic E-state index is 13.9. The van der Waals surface area contributed by atoms with Gasteiger partial charge >= 0.3 is 0 Å². The van der Waals surface area contributed by atoms with E-state index >= 15 is 0 Å². The molecule has 1 aromatic heterocycles. The van der Waals surface area contributed by atoms with Gasteiger partial charge in [-0.05, 0) is 30.5 Å². The van der Waals surface area contributed by atoms with E-state index in [0.717, 1.165) is 49.8 Å². The van der Waals surface area contributed by atoms with Crippen LogP contribution in [0.5, 0.6) is 5.75 Å². The number of benzene rings is 1. The summed E-state index contributed by atoms with van der Waals surface area (Å²) in [5.41, 5.74) is 0.902. The van der Waals surface area contributed by atoms with E-state index in [2.05, 4.69) is 46.3 Å². The van der Waals surface area contributed by atoms with Crippen molar-refractivity contribution in [3.05, 3.63) is 47.4 Å². The van der Waals surface area contributed by atoms with Crippen LogP contribution in [0.3, 0.4) is 0 Å². The first kappa shape index (κ1) is 26.4. The van der Waals surface area contributed by atoms with Crippen LogP contribution in [0.15, 0.2) is 33.8 Å². The normalized spacial score (nSPS) is 15.9. The minimum absolute atomic E-state index is 0. The van der Waals surface area contributed by atoms with Gasteiger partial charge in [-0.3, -0.25) is 9.89 Å². The predicted molar refractivity (Wildman–Crippen MR) is 135 cm³/mol. The van der Waals surface area contributed by atoms with Crippen molar-refractivity contribution < 1.29 is 13.5 Å². The molecule has 0 amide bonds. The van der Waals surface area contributed by atoms with E-state index in [1.54, 1.807) is 25.4 Å². The fourth-order valence-corrected chi connectivity index (χ4v) is 3.59. The third-order valence-electron chi connectivity index (χ3n) is 5.47. The van der Waals surface area contributed by atoms with Crippen molar-refractivity contribution in [2.24, 2.45) is 4.99 Å². The Morgan fingerprint density at radius 2 is 2.03 bits per heavy atom. The molecule has 1 aliphatic rings. The van der Waals surface area contributed by atoms with Gasteiger partial charge in [-0.15, -0.1) is 24.0 Å². The van der Waals surface area contributed by atoms with Crippen molar-refractivity contribution in [1.82, 2.24) is 20.5 Å². The van der Waals surface area contributed by atoms with Crippen molar-refractivity contribution in [2.75, 3.05) is 27.2 Å². The van der Waals surface area contributed by atoms with E-state index in [0.29, 0.717) is 18.5 Å². The number of nitrogens with one attached hydrogen (secondary N) is 2. The molecule has 0 spiro atoms. The van der Waals surface area contributed by atoms with Gasteiger partial charge in [0.2, 0.25) is 5.89 Å². The number of ether oxygens (including phenoxy) is 1. The van der Waals surface area contributed by atoms with E-state index in [1.807, 2.05) is 6.07 Å². The first-order valence-electron chi connectivity index (χ1n) is 10.8. The summed E-state index contributed by atoms with van der Waals surface area (Å²) < 4.78 is 24.7. The molecule has 0 aliphatic carbocycles. The molecule has 7 nitrogen and oxygen atoms in total. The zero-order valence-electron chi connectivity index (χ0n) is 19.6. The molecule has 178 valence electrons. The van der Waals surface area contributed by atoms with E-state index in [4.69, 9.17) is 9.15 Å². The summed E-state index contributed by atoms with van der Waals surface area (Å²) in [5, 5.41) is 6.77. The van der Waals surface area contributed by atoms with Crippen LogP contribution in [0.25, 0.3) is 0 Å². The largest absolute Gasteiger partial charge is 0.494 e. The number of oxazole rings is 1. The van der Waals surface area contributed by atoms with Gasteiger partial charge in [0.25, 0.3) is 0 Å². The second-order valence-corrected chi connectivity index (χ2v) is 8.96. The Balaban J connectivity index is 0.00000363. The molecule has 0 saturated carbocycles. The summed E-state index contributed by atoms with van der Waals surface area (Å²) in [7, 11) is 3.24. The predicted octanol–water partition coefficient (Wildman–Crippen LogP) is 4.07. The van der Waals surface area contributed by atoms with Crippen LogP contribution in [0.4, 0.5) is 4.39 Å². The van der Waals surface area contributed by atoms with E-state index in [9.17, 15) is 4.39 Å². The average molecular weight is 559 g/mol. The molecule has 0 bridgehead atoms. The van der Waals surface area contributed by atoms with Crippen LogP contribution in [0, 0.1) is 5.82 Å². The van der Waals surface area contributed by atoms with Gasteiger partial charge < -0.3 is 19.8 Å². The molecular weight excluding hydrogens is 524 g/mol. The van der Waals surface area contributed by atoms with Crippen LogP contribution >= 0.6 is 24.0 Å². The number of rotatable bonds is 6. The highest BCUT2D eigenvalue weighted by atomic mass is 127. The second-order valence-electron chi connectivity index (χ2n) is 8.96. The molecule has 2 N–H and O–H groups in total. The van der Waals surface area contributed by atoms with Crippen LogP contribution in [-0.4, -0.2) is 49.1 Å². The summed E-state index contributed by atoms with van der Waals surface area (Å²) in [4.78, 5) is 11.0. The Bertz CT molecular complexity index is 889. The minimum Gasteiger partial charge on any atom is -0.494 e. The SMILES string of the molecule is CN=C(NCc1ncc(C(C)(C)C)o1)NC1CCN(Cc2ccc(OC)c(F)c2)CC1.I. The van der Waals surface area contributed by atoms with Gasteiger partial charge in [0, 0.05) is 38.1 Å². The highest BCUT2D eigenvalue weighted by Gasteiger charge is 2.21. The van der Waals surface area contributed by atoms with Gasteiger partial charge in [-0.25, -0.2) is 9.37 Å². The maximum atomic E-state index is 13.9. The number of hydrogen-bond acceptors (Lipinski definition) is 5. The highest BCUT2D eigenvalue weighted by molar-refractivity contribution is 14.0. The lowest BCUT2D eigenvalue weighted by Crippen LogP contribution is -2.48. The number of likely N-dealkylation sites (tertiary alicyclic amines) is 1. The Kier molecular flexibility index (Phi) is 9.75. The molecule has 0 atom stereocenters. The summed E-state index contributed by atoms with van der Waals surface area (Å²) in [6.07, 6.45) is 3.77. The van der Waals surface area contributed by atoms with Crippen molar-refractivity contribution in [3.63, 3.8) is 0 Å². The molecule has 9 heteroatoms. The number of aromatic nitrogens is 1. The molecule has 3 rings (SSSR count). The lowest BCUT2D eigenvalue weighted by Gasteiger charge is -2.33. The molecule has 1 saturated heterocycles. The Morgan fingerprint density at radius 1 is 1.31 bits per heavy atom. The van der Waals surface area contributed by atoms with Gasteiger partial charge in [0.1, 0.15) is 5.76 Å². The zero-order chi connectivity index (χ0) is 22.4. The van der Waals surface area contributed by atoms with Crippen molar-refractivity contribution in [3.8, 4) is 5.75 Å². The van der Waals surface area contributed by atoms with E-state index < -0.39 is 0 Å². The van der Waals surface area contributed by atoms with E-state index in [-0.39, 0.29) is 41.0 Å². The van der Waals surface area contributed by atoms with Gasteiger partial charge in [0.15, 0.2) is 17.5 Å². The monoisotopic (exact) mass is 559 g/mol. The van der Waals surface area contributed by atoms with Crippen LogP contribution in [-0.2, 0) is 18.5 Å². The highest BCUT2D eigenvalue weighted by Crippen LogP contribution is 2.23. The quantitative estimate of drug-likeness (QED) is 0.316. The smallest absolute Gasteiger partial charge is 0.213 e. The molecule has 1 aliphatic heterocycles. The van der Waals surface area contributed by atoms with Gasteiger partial charge in [0.05, 0.1) is 19.9 Å². The number of nitrogens with zero attached hydrogens (tertiary/aromatic N) is 3.